The molecule has 0 aromatic carbocycles. The predicted molar refractivity (Wildman–Crippen MR) is 43.4 cm³/mol. The van der Waals surface area contributed by atoms with Crippen LogP contribution < -0.4 is 5.90 Å². The highest BCUT2D eigenvalue weighted by Gasteiger charge is 2.17. The highest BCUT2D eigenvalue weighted by molar-refractivity contribution is 5.85. The minimum Gasteiger partial charge on any atom is -0.479 e. The molecule has 0 saturated heterocycles. The Balaban J connectivity index is 0. The Hall–Kier alpha value is -0.320. The SMILES string of the molecule is CC(C)CC(ON)C(=O)O.Cl. The molecule has 0 radical (unpaired) electrons. The Morgan fingerprint density at radius 2 is 2.09 bits per heavy atom. The molecule has 0 aliphatic rings. The Morgan fingerprint density at radius 1 is 1.64 bits per heavy atom. The largest absolute Gasteiger partial charge is 0.479 e. The van der Waals surface area contributed by atoms with E-state index in [0.29, 0.717) is 6.42 Å². The molecule has 0 bridgehead atoms. The van der Waals surface area contributed by atoms with Crippen LogP contribution >= 0.6 is 12.4 Å². The number of hydrogen-bond acceptors (Lipinski definition) is 3. The molecule has 1 atom stereocenters. The van der Waals surface area contributed by atoms with E-state index in [9.17, 15) is 4.79 Å². The molecule has 0 aromatic rings. The molecule has 0 aliphatic heterocycles. The first-order valence-electron chi connectivity index (χ1n) is 3.16. The monoisotopic (exact) mass is 183 g/mol. The van der Waals surface area contributed by atoms with Gasteiger partial charge in [-0.3, -0.25) is 4.84 Å². The normalized spacial score (nSPS) is 12.4. The summed E-state index contributed by atoms with van der Waals surface area (Å²) in [6.45, 7) is 3.82. The lowest BCUT2D eigenvalue weighted by molar-refractivity contribution is -0.151. The van der Waals surface area contributed by atoms with Gasteiger partial charge in [-0.1, -0.05) is 13.8 Å². The van der Waals surface area contributed by atoms with E-state index in [1.54, 1.807) is 0 Å². The van der Waals surface area contributed by atoms with Gasteiger partial charge in [0.1, 0.15) is 0 Å². The molecule has 4 nitrogen and oxygen atoms in total. The van der Waals surface area contributed by atoms with E-state index in [1.807, 2.05) is 13.8 Å². The van der Waals surface area contributed by atoms with E-state index < -0.39 is 12.1 Å². The molecule has 0 aromatic heterocycles. The fourth-order valence-electron chi connectivity index (χ4n) is 0.643. The van der Waals surface area contributed by atoms with Gasteiger partial charge in [0.2, 0.25) is 0 Å². The molecule has 0 rings (SSSR count). The van der Waals surface area contributed by atoms with Crippen LogP contribution in [0.4, 0.5) is 0 Å². The van der Waals surface area contributed by atoms with E-state index in [0.717, 1.165) is 0 Å². The molecule has 0 amide bonds. The van der Waals surface area contributed by atoms with Gasteiger partial charge in [-0.15, -0.1) is 12.4 Å². The molecule has 3 N–H and O–H groups in total. The van der Waals surface area contributed by atoms with E-state index in [-0.39, 0.29) is 18.3 Å². The highest BCUT2D eigenvalue weighted by Crippen LogP contribution is 2.06. The van der Waals surface area contributed by atoms with Crippen LogP contribution in [0.25, 0.3) is 0 Å². The van der Waals surface area contributed by atoms with E-state index >= 15 is 0 Å². The fraction of sp³-hybridized carbons (Fsp3) is 0.833. The Kier molecular flexibility index (Phi) is 7.72. The number of rotatable bonds is 4. The van der Waals surface area contributed by atoms with Crippen molar-refractivity contribution in [1.29, 1.82) is 0 Å². The summed E-state index contributed by atoms with van der Waals surface area (Å²) in [7, 11) is 0. The summed E-state index contributed by atoms with van der Waals surface area (Å²) in [5.74, 6) is 4.02. The standard InChI is InChI=1S/C6H13NO3.ClH/c1-4(2)3-5(10-7)6(8)9;/h4-5H,3,7H2,1-2H3,(H,8,9);1H. The third kappa shape index (κ3) is 6.09. The first-order valence-corrected chi connectivity index (χ1v) is 3.16. The second-order valence-electron chi connectivity index (χ2n) is 2.59. The van der Waals surface area contributed by atoms with Crippen LogP contribution in [0.5, 0.6) is 0 Å². The zero-order valence-corrected chi connectivity index (χ0v) is 7.43. The zero-order chi connectivity index (χ0) is 8.15. The van der Waals surface area contributed by atoms with Gasteiger partial charge in [0.15, 0.2) is 6.10 Å². The van der Waals surface area contributed by atoms with Gasteiger partial charge in [-0.2, -0.15) is 0 Å². The van der Waals surface area contributed by atoms with Crippen molar-refractivity contribution in [1.82, 2.24) is 0 Å². The third-order valence-electron chi connectivity index (χ3n) is 1.13. The molecule has 0 spiro atoms. The van der Waals surface area contributed by atoms with Crippen LogP contribution in [0.1, 0.15) is 20.3 Å². The van der Waals surface area contributed by atoms with Crippen LogP contribution in [-0.4, -0.2) is 17.2 Å². The molecular formula is C6H14ClNO3. The van der Waals surface area contributed by atoms with Crippen molar-refractivity contribution in [2.75, 3.05) is 0 Å². The molecule has 0 heterocycles. The number of hydrogen-bond donors (Lipinski definition) is 2. The average Bonchev–Trinajstić information content (AvgIpc) is 1.81. The summed E-state index contributed by atoms with van der Waals surface area (Å²) in [5.41, 5.74) is 0. The van der Waals surface area contributed by atoms with Crippen molar-refractivity contribution in [3.8, 4) is 0 Å². The van der Waals surface area contributed by atoms with Crippen LogP contribution in [0, 0.1) is 5.92 Å². The van der Waals surface area contributed by atoms with Gasteiger partial charge in [-0.05, 0) is 12.3 Å². The van der Waals surface area contributed by atoms with Gasteiger partial charge in [0, 0.05) is 0 Å². The third-order valence-corrected chi connectivity index (χ3v) is 1.13. The van der Waals surface area contributed by atoms with Gasteiger partial charge in [0.05, 0.1) is 0 Å². The van der Waals surface area contributed by atoms with Crippen molar-refractivity contribution in [3.05, 3.63) is 0 Å². The molecular weight excluding hydrogens is 170 g/mol. The topological polar surface area (TPSA) is 72.5 Å². The zero-order valence-electron chi connectivity index (χ0n) is 6.61. The highest BCUT2D eigenvalue weighted by atomic mass is 35.5. The van der Waals surface area contributed by atoms with Crippen LogP contribution in [0.15, 0.2) is 0 Å². The quantitative estimate of drug-likeness (QED) is 0.633. The summed E-state index contributed by atoms with van der Waals surface area (Å²) < 4.78 is 0. The summed E-state index contributed by atoms with van der Waals surface area (Å²) in [4.78, 5) is 14.5. The van der Waals surface area contributed by atoms with Crippen LogP contribution in [0.3, 0.4) is 0 Å². The predicted octanol–water partition coefficient (Wildman–Crippen LogP) is 0.798. The smallest absolute Gasteiger partial charge is 0.334 e. The van der Waals surface area contributed by atoms with E-state index in [1.165, 1.54) is 0 Å². The lowest BCUT2D eigenvalue weighted by atomic mass is 10.1. The number of aliphatic carboxylic acids is 1. The lowest BCUT2D eigenvalue weighted by Gasteiger charge is -2.10. The Bertz CT molecular complexity index is 118. The Morgan fingerprint density at radius 3 is 2.18 bits per heavy atom. The molecule has 5 heteroatoms. The first kappa shape index (κ1) is 13.3. The Labute approximate surface area is 72.1 Å². The lowest BCUT2D eigenvalue weighted by Crippen LogP contribution is -2.28. The summed E-state index contributed by atoms with van der Waals surface area (Å²) >= 11 is 0. The van der Waals surface area contributed by atoms with Crippen LogP contribution in [-0.2, 0) is 9.63 Å². The summed E-state index contributed by atoms with van der Waals surface area (Å²) in [6, 6.07) is 0. The number of carboxylic acid groups (broad SMARTS) is 1. The van der Waals surface area contributed by atoms with Crippen molar-refractivity contribution < 1.29 is 14.7 Å². The van der Waals surface area contributed by atoms with Gasteiger partial charge >= 0.3 is 5.97 Å². The minimum absolute atomic E-state index is 0. The molecule has 0 aliphatic carbocycles. The molecule has 0 fully saturated rings. The minimum atomic E-state index is -1.00. The van der Waals surface area contributed by atoms with Gasteiger partial charge in [-0.25, -0.2) is 10.7 Å². The van der Waals surface area contributed by atoms with E-state index in [2.05, 4.69) is 4.84 Å². The van der Waals surface area contributed by atoms with Crippen molar-refractivity contribution >= 4 is 18.4 Å². The number of carbonyl (C=O) groups is 1. The second-order valence-corrected chi connectivity index (χ2v) is 2.59. The fourth-order valence-corrected chi connectivity index (χ4v) is 0.643. The average molecular weight is 184 g/mol. The second kappa shape index (κ2) is 6.39. The number of carboxylic acids is 1. The molecule has 68 valence electrons. The van der Waals surface area contributed by atoms with Gasteiger partial charge < -0.3 is 5.11 Å². The summed E-state index contributed by atoms with van der Waals surface area (Å²) in [6.07, 6.45) is -0.411. The van der Waals surface area contributed by atoms with Crippen molar-refractivity contribution in [3.63, 3.8) is 0 Å². The summed E-state index contributed by atoms with van der Waals surface area (Å²) in [5, 5.41) is 8.42. The van der Waals surface area contributed by atoms with Gasteiger partial charge in [0.25, 0.3) is 0 Å². The van der Waals surface area contributed by atoms with Crippen molar-refractivity contribution in [2.45, 2.75) is 26.4 Å². The van der Waals surface area contributed by atoms with Crippen LogP contribution in [0.2, 0.25) is 0 Å². The maximum atomic E-state index is 10.3. The first-order chi connectivity index (χ1) is 4.57. The maximum Gasteiger partial charge on any atom is 0.334 e. The number of halogens is 1. The molecule has 0 saturated carbocycles. The molecule has 1 unspecified atom stereocenters. The van der Waals surface area contributed by atoms with Crippen molar-refractivity contribution in [2.24, 2.45) is 11.8 Å². The number of nitrogens with two attached hydrogens (primary N) is 1. The molecule has 11 heavy (non-hydrogen) atoms. The maximum absolute atomic E-state index is 10.3. The van der Waals surface area contributed by atoms with E-state index in [4.69, 9.17) is 11.0 Å².